The molecule has 134 valence electrons. The van der Waals surface area contributed by atoms with Gasteiger partial charge in [-0.15, -0.1) is 0 Å². The lowest BCUT2D eigenvalue weighted by molar-refractivity contribution is 0.167. The molecule has 0 radical (unpaired) electrons. The average molecular weight is 334 g/mol. The van der Waals surface area contributed by atoms with Crippen molar-refractivity contribution in [2.45, 2.75) is 76.5 Å². The Morgan fingerprint density at radius 2 is 1.92 bits per heavy atom. The number of piperidine rings is 1. The first-order valence-electron chi connectivity index (χ1n) is 9.34. The van der Waals surface area contributed by atoms with Gasteiger partial charge >= 0.3 is 6.03 Å². The lowest BCUT2D eigenvalue weighted by atomic mass is 9.95. The number of hydrogen-bond donors (Lipinski definition) is 2. The number of carbonyl (C=O) groups excluding carboxylic acids is 1. The molecule has 1 aromatic heterocycles. The summed E-state index contributed by atoms with van der Waals surface area (Å²) in [6.07, 6.45) is 11.4. The second-order valence-corrected chi connectivity index (χ2v) is 7.23. The molecule has 2 fully saturated rings. The zero-order valence-electron chi connectivity index (χ0n) is 14.7. The Hall–Kier alpha value is -1.63. The Morgan fingerprint density at radius 3 is 2.58 bits per heavy atom. The Labute approximate surface area is 144 Å². The zero-order valence-corrected chi connectivity index (χ0v) is 14.7. The Kier molecular flexibility index (Phi) is 6.07. The van der Waals surface area contributed by atoms with Crippen molar-refractivity contribution >= 4 is 6.03 Å². The number of rotatable bonds is 5. The van der Waals surface area contributed by atoms with Gasteiger partial charge in [0.25, 0.3) is 0 Å². The molecule has 1 aliphatic carbocycles. The first-order chi connectivity index (χ1) is 11.7. The molecule has 7 heteroatoms. The van der Waals surface area contributed by atoms with E-state index in [1.165, 1.54) is 19.3 Å². The summed E-state index contributed by atoms with van der Waals surface area (Å²) in [6.45, 7) is 4.67. The number of nitrogens with one attached hydrogen (secondary N) is 2. The SMILES string of the molecule is C[C@@H](Cn1cncn1)NC1CCN(C(=O)NC2CCCCC2)CC1. The van der Waals surface area contributed by atoms with E-state index in [1.807, 2.05) is 9.58 Å². The van der Waals surface area contributed by atoms with Gasteiger partial charge in [0.1, 0.15) is 12.7 Å². The maximum absolute atomic E-state index is 12.4. The monoisotopic (exact) mass is 334 g/mol. The van der Waals surface area contributed by atoms with E-state index in [1.54, 1.807) is 12.7 Å². The third-order valence-corrected chi connectivity index (χ3v) is 5.16. The van der Waals surface area contributed by atoms with Gasteiger partial charge in [-0.2, -0.15) is 5.10 Å². The molecule has 0 aromatic carbocycles. The fourth-order valence-electron chi connectivity index (χ4n) is 3.82. The van der Waals surface area contributed by atoms with Crippen molar-refractivity contribution < 1.29 is 4.79 Å². The minimum atomic E-state index is 0.135. The van der Waals surface area contributed by atoms with Crippen molar-refractivity contribution in [3.05, 3.63) is 12.7 Å². The van der Waals surface area contributed by atoms with Gasteiger partial charge in [0, 0.05) is 31.2 Å². The summed E-state index contributed by atoms with van der Waals surface area (Å²) >= 11 is 0. The van der Waals surface area contributed by atoms with Crippen LogP contribution in [0, 0.1) is 0 Å². The molecular weight excluding hydrogens is 304 g/mol. The minimum absolute atomic E-state index is 0.135. The number of nitrogens with zero attached hydrogens (tertiary/aromatic N) is 4. The lowest BCUT2D eigenvalue weighted by Crippen LogP contribution is -2.52. The van der Waals surface area contributed by atoms with Gasteiger partial charge in [-0.05, 0) is 32.6 Å². The van der Waals surface area contributed by atoms with Crippen LogP contribution in [0.5, 0.6) is 0 Å². The predicted octanol–water partition coefficient (Wildman–Crippen LogP) is 1.76. The molecule has 1 aromatic rings. The van der Waals surface area contributed by atoms with Crippen LogP contribution in [0.1, 0.15) is 51.9 Å². The Morgan fingerprint density at radius 1 is 1.17 bits per heavy atom. The molecule has 1 atom stereocenters. The molecule has 1 aliphatic heterocycles. The van der Waals surface area contributed by atoms with Crippen LogP contribution in [0.3, 0.4) is 0 Å². The third kappa shape index (κ3) is 4.93. The summed E-state index contributed by atoms with van der Waals surface area (Å²) < 4.78 is 1.85. The van der Waals surface area contributed by atoms with Crippen LogP contribution in [0.15, 0.2) is 12.7 Å². The maximum Gasteiger partial charge on any atom is 0.317 e. The van der Waals surface area contributed by atoms with Crippen molar-refractivity contribution in [1.82, 2.24) is 30.3 Å². The van der Waals surface area contributed by atoms with E-state index in [-0.39, 0.29) is 6.03 Å². The first-order valence-corrected chi connectivity index (χ1v) is 9.34. The normalized spacial score (nSPS) is 21.6. The molecule has 1 saturated heterocycles. The number of hydrogen-bond acceptors (Lipinski definition) is 4. The van der Waals surface area contributed by atoms with Crippen molar-refractivity contribution in [1.29, 1.82) is 0 Å². The second kappa shape index (κ2) is 8.46. The van der Waals surface area contributed by atoms with Crippen LogP contribution in [0.25, 0.3) is 0 Å². The van der Waals surface area contributed by atoms with Crippen LogP contribution in [0.2, 0.25) is 0 Å². The van der Waals surface area contributed by atoms with E-state index >= 15 is 0 Å². The Balaban J connectivity index is 1.36. The van der Waals surface area contributed by atoms with E-state index in [4.69, 9.17) is 0 Å². The lowest BCUT2D eigenvalue weighted by Gasteiger charge is -2.35. The van der Waals surface area contributed by atoms with Gasteiger partial charge in [0.2, 0.25) is 0 Å². The van der Waals surface area contributed by atoms with Crippen LogP contribution < -0.4 is 10.6 Å². The molecular formula is C17H30N6O. The van der Waals surface area contributed by atoms with Gasteiger partial charge < -0.3 is 15.5 Å². The van der Waals surface area contributed by atoms with Crippen LogP contribution in [-0.2, 0) is 6.54 Å². The number of carbonyl (C=O) groups is 1. The molecule has 24 heavy (non-hydrogen) atoms. The van der Waals surface area contributed by atoms with E-state index in [9.17, 15) is 4.79 Å². The largest absolute Gasteiger partial charge is 0.335 e. The molecule has 7 nitrogen and oxygen atoms in total. The Bertz CT molecular complexity index is 491. The molecule has 2 heterocycles. The fraction of sp³-hybridized carbons (Fsp3) is 0.824. The number of likely N-dealkylation sites (tertiary alicyclic amines) is 1. The van der Waals surface area contributed by atoms with Gasteiger partial charge in [-0.1, -0.05) is 19.3 Å². The highest BCUT2D eigenvalue weighted by atomic mass is 16.2. The van der Waals surface area contributed by atoms with Crippen LogP contribution in [-0.4, -0.2) is 56.9 Å². The first kappa shape index (κ1) is 17.2. The number of urea groups is 1. The average Bonchev–Trinajstić information content (AvgIpc) is 3.09. The molecule has 3 rings (SSSR count). The van der Waals surface area contributed by atoms with Crippen molar-refractivity contribution in [3.8, 4) is 0 Å². The molecule has 0 spiro atoms. The summed E-state index contributed by atoms with van der Waals surface area (Å²) in [7, 11) is 0. The summed E-state index contributed by atoms with van der Waals surface area (Å²) in [5, 5.41) is 11.0. The van der Waals surface area contributed by atoms with Crippen molar-refractivity contribution in [3.63, 3.8) is 0 Å². The fourth-order valence-corrected chi connectivity index (χ4v) is 3.82. The quantitative estimate of drug-likeness (QED) is 0.860. The minimum Gasteiger partial charge on any atom is -0.335 e. The predicted molar refractivity (Wildman–Crippen MR) is 92.6 cm³/mol. The van der Waals surface area contributed by atoms with Crippen molar-refractivity contribution in [2.75, 3.05) is 13.1 Å². The van der Waals surface area contributed by atoms with E-state index in [0.717, 1.165) is 45.3 Å². The third-order valence-electron chi connectivity index (χ3n) is 5.16. The highest BCUT2D eigenvalue weighted by molar-refractivity contribution is 5.74. The van der Waals surface area contributed by atoms with Crippen molar-refractivity contribution in [2.24, 2.45) is 0 Å². The number of aromatic nitrogens is 3. The summed E-state index contributed by atoms with van der Waals surface area (Å²) in [4.78, 5) is 18.3. The topological polar surface area (TPSA) is 75.1 Å². The number of amides is 2. The standard InChI is InChI=1S/C17H30N6O/c1-14(11-23-13-18-12-19-23)20-16-7-9-22(10-8-16)17(24)21-15-5-3-2-4-6-15/h12-16,20H,2-11H2,1H3,(H,21,24)/t14-/m0/s1. The van der Waals surface area contributed by atoms with E-state index in [0.29, 0.717) is 18.1 Å². The smallest absolute Gasteiger partial charge is 0.317 e. The molecule has 2 N–H and O–H groups in total. The van der Waals surface area contributed by atoms with Gasteiger partial charge in [-0.3, -0.25) is 4.68 Å². The van der Waals surface area contributed by atoms with E-state index in [2.05, 4.69) is 27.6 Å². The second-order valence-electron chi connectivity index (χ2n) is 7.23. The summed E-state index contributed by atoms with van der Waals surface area (Å²) in [6, 6.07) is 1.35. The highest BCUT2D eigenvalue weighted by Gasteiger charge is 2.25. The van der Waals surface area contributed by atoms with Gasteiger partial charge in [-0.25, -0.2) is 9.78 Å². The molecule has 2 aliphatic rings. The zero-order chi connectivity index (χ0) is 16.8. The molecule has 2 amide bonds. The molecule has 0 bridgehead atoms. The summed E-state index contributed by atoms with van der Waals surface area (Å²) in [5.74, 6) is 0. The van der Waals surface area contributed by atoms with Gasteiger partial charge in [0.15, 0.2) is 0 Å². The van der Waals surface area contributed by atoms with Crippen LogP contribution >= 0.6 is 0 Å². The van der Waals surface area contributed by atoms with Gasteiger partial charge in [0.05, 0.1) is 6.54 Å². The summed E-state index contributed by atoms with van der Waals surface area (Å²) in [5.41, 5.74) is 0. The molecule has 1 saturated carbocycles. The van der Waals surface area contributed by atoms with Crippen LogP contribution in [0.4, 0.5) is 4.79 Å². The molecule has 0 unspecified atom stereocenters. The van der Waals surface area contributed by atoms with E-state index < -0.39 is 0 Å². The highest BCUT2D eigenvalue weighted by Crippen LogP contribution is 2.18. The maximum atomic E-state index is 12.4.